The highest BCUT2D eigenvalue weighted by Gasteiger charge is 2.04. The number of benzene rings is 1. The summed E-state index contributed by atoms with van der Waals surface area (Å²) >= 11 is 10.8. The lowest BCUT2D eigenvalue weighted by Gasteiger charge is -1.97. The van der Waals surface area contributed by atoms with Gasteiger partial charge < -0.3 is 5.73 Å². The zero-order valence-corrected chi connectivity index (χ0v) is 6.38. The van der Waals surface area contributed by atoms with Crippen LogP contribution in [0.1, 0.15) is 0 Å². The lowest BCUT2D eigenvalue weighted by atomic mass is 10.3. The van der Waals surface area contributed by atoms with Gasteiger partial charge in [0.05, 0.1) is 10.0 Å². The van der Waals surface area contributed by atoms with E-state index in [4.69, 9.17) is 28.9 Å². The fourth-order valence-electron chi connectivity index (χ4n) is 0.575. The maximum absolute atomic E-state index is 12.6. The van der Waals surface area contributed by atoms with Gasteiger partial charge >= 0.3 is 0 Å². The summed E-state index contributed by atoms with van der Waals surface area (Å²) in [5, 5.41) is -0.102. The van der Waals surface area contributed by atoms with Crippen molar-refractivity contribution in [3.05, 3.63) is 28.0 Å². The molecule has 0 radical (unpaired) electrons. The molecule has 0 spiro atoms. The van der Waals surface area contributed by atoms with E-state index in [-0.39, 0.29) is 10.0 Å². The minimum Gasteiger partial charge on any atom is -0.399 e. The number of rotatable bonds is 0. The lowest BCUT2D eigenvalue weighted by Crippen LogP contribution is -1.86. The van der Waals surface area contributed by atoms with Crippen molar-refractivity contribution in [1.29, 1.82) is 0 Å². The zero-order valence-electron chi connectivity index (χ0n) is 4.87. The van der Waals surface area contributed by atoms with Crippen molar-refractivity contribution in [2.75, 3.05) is 5.73 Å². The summed E-state index contributed by atoms with van der Waals surface area (Å²) < 4.78 is 12.6. The molecule has 4 heteroatoms. The summed E-state index contributed by atoms with van der Waals surface area (Å²) in [4.78, 5) is 0. The van der Waals surface area contributed by atoms with Crippen molar-refractivity contribution in [3.8, 4) is 0 Å². The van der Waals surface area contributed by atoms with E-state index >= 15 is 0 Å². The molecular weight excluding hydrogens is 176 g/mol. The number of nitrogen functional groups attached to an aromatic ring is 1. The largest absolute Gasteiger partial charge is 0.399 e. The van der Waals surface area contributed by atoms with Crippen molar-refractivity contribution in [1.82, 2.24) is 0 Å². The maximum atomic E-state index is 12.6. The van der Waals surface area contributed by atoms with Crippen LogP contribution in [-0.4, -0.2) is 0 Å². The van der Waals surface area contributed by atoms with Crippen LogP contribution >= 0.6 is 23.2 Å². The van der Waals surface area contributed by atoms with E-state index in [1.54, 1.807) is 0 Å². The summed E-state index contributed by atoms with van der Waals surface area (Å²) in [6, 6.07) is 2.62. The van der Waals surface area contributed by atoms with E-state index < -0.39 is 5.82 Å². The Morgan fingerprint density at radius 3 is 2.00 bits per heavy atom. The van der Waals surface area contributed by atoms with Gasteiger partial charge in [-0.05, 0) is 12.1 Å². The van der Waals surface area contributed by atoms with Crippen LogP contribution in [0.25, 0.3) is 0 Å². The van der Waals surface area contributed by atoms with Crippen LogP contribution in [0.15, 0.2) is 12.1 Å². The molecule has 1 rings (SSSR count). The predicted molar refractivity (Wildman–Crippen MR) is 40.8 cm³/mol. The van der Waals surface area contributed by atoms with Gasteiger partial charge in [0.1, 0.15) is 0 Å². The minimum absolute atomic E-state index is 0.0509. The second kappa shape index (κ2) is 2.64. The smallest absolute Gasteiger partial charge is 0.160 e. The first-order chi connectivity index (χ1) is 4.61. The zero-order chi connectivity index (χ0) is 7.72. The fraction of sp³-hybridized carbons (Fsp3) is 0. The molecule has 10 heavy (non-hydrogen) atoms. The number of hydrogen-bond donors (Lipinski definition) is 1. The van der Waals surface area contributed by atoms with Crippen molar-refractivity contribution in [2.24, 2.45) is 0 Å². The molecule has 0 aliphatic rings. The molecule has 2 N–H and O–H groups in total. The molecule has 0 bridgehead atoms. The SMILES string of the molecule is Nc1cc(Cl)c(F)c(Cl)c1. The van der Waals surface area contributed by atoms with Gasteiger partial charge in [-0.25, -0.2) is 4.39 Å². The van der Waals surface area contributed by atoms with E-state index in [1.165, 1.54) is 12.1 Å². The van der Waals surface area contributed by atoms with Gasteiger partial charge in [0, 0.05) is 5.69 Å². The van der Waals surface area contributed by atoms with E-state index in [0.717, 1.165) is 0 Å². The average Bonchev–Trinajstić information content (AvgIpc) is 1.82. The van der Waals surface area contributed by atoms with Gasteiger partial charge in [0.25, 0.3) is 0 Å². The summed E-state index contributed by atoms with van der Waals surface area (Å²) in [6.07, 6.45) is 0. The van der Waals surface area contributed by atoms with E-state index in [2.05, 4.69) is 0 Å². The predicted octanol–water partition coefficient (Wildman–Crippen LogP) is 2.71. The Hall–Kier alpha value is -0.470. The van der Waals surface area contributed by atoms with E-state index in [9.17, 15) is 4.39 Å². The van der Waals surface area contributed by atoms with Crippen LogP contribution in [0.4, 0.5) is 10.1 Å². The highest BCUT2D eigenvalue weighted by Crippen LogP contribution is 2.25. The summed E-state index contributed by atoms with van der Waals surface area (Å²) in [7, 11) is 0. The first kappa shape index (κ1) is 7.63. The molecule has 0 saturated carbocycles. The highest BCUT2D eigenvalue weighted by atomic mass is 35.5. The molecule has 0 aliphatic heterocycles. The molecule has 0 aliphatic carbocycles. The number of nitrogens with two attached hydrogens (primary N) is 1. The Kier molecular flexibility index (Phi) is 2.02. The summed E-state index contributed by atoms with van der Waals surface area (Å²) in [5.41, 5.74) is 5.65. The first-order valence-electron chi connectivity index (χ1n) is 2.51. The lowest BCUT2D eigenvalue weighted by molar-refractivity contribution is 0.629. The number of halogens is 3. The molecule has 1 nitrogen and oxygen atoms in total. The second-order valence-electron chi connectivity index (χ2n) is 1.80. The van der Waals surface area contributed by atoms with Gasteiger partial charge in [-0.2, -0.15) is 0 Å². The van der Waals surface area contributed by atoms with Crippen LogP contribution in [0.3, 0.4) is 0 Å². The molecule has 0 aromatic heterocycles. The van der Waals surface area contributed by atoms with Crippen LogP contribution in [-0.2, 0) is 0 Å². The van der Waals surface area contributed by atoms with Crippen molar-refractivity contribution in [2.45, 2.75) is 0 Å². The Bertz CT molecular complexity index is 239. The Labute approximate surface area is 67.5 Å². The van der Waals surface area contributed by atoms with Gasteiger partial charge in [0.15, 0.2) is 5.82 Å². The van der Waals surface area contributed by atoms with Gasteiger partial charge in [0.2, 0.25) is 0 Å². The third-order valence-electron chi connectivity index (χ3n) is 1.01. The van der Waals surface area contributed by atoms with Gasteiger partial charge in [-0.15, -0.1) is 0 Å². The topological polar surface area (TPSA) is 26.0 Å². The van der Waals surface area contributed by atoms with Crippen LogP contribution in [0.2, 0.25) is 10.0 Å². The van der Waals surface area contributed by atoms with E-state index in [0.29, 0.717) is 5.69 Å². The minimum atomic E-state index is -0.627. The normalized spacial score (nSPS) is 9.90. The Morgan fingerprint density at radius 1 is 1.20 bits per heavy atom. The molecule has 0 heterocycles. The van der Waals surface area contributed by atoms with Gasteiger partial charge in [-0.1, -0.05) is 23.2 Å². The Morgan fingerprint density at radius 2 is 1.60 bits per heavy atom. The molecule has 0 saturated heterocycles. The average molecular weight is 180 g/mol. The molecule has 1 aromatic rings. The summed E-state index contributed by atoms with van der Waals surface area (Å²) in [5.74, 6) is -0.627. The van der Waals surface area contributed by atoms with Crippen LogP contribution in [0, 0.1) is 5.82 Å². The van der Waals surface area contributed by atoms with Gasteiger partial charge in [-0.3, -0.25) is 0 Å². The Balaban J connectivity index is 3.31. The molecule has 54 valence electrons. The first-order valence-corrected chi connectivity index (χ1v) is 3.27. The molecule has 0 unspecified atom stereocenters. The standard InChI is InChI=1S/C6H4Cl2FN/c7-4-1-3(10)2-5(8)6(4)9/h1-2H,10H2. The van der Waals surface area contributed by atoms with Crippen molar-refractivity contribution < 1.29 is 4.39 Å². The molecular formula is C6H4Cl2FN. The van der Waals surface area contributed by atoms with E-state index in [1.807, 2.05) is 0 Å². The monoisotopic (exact) mass is 179 g/mol. The molecule has 0 amide bonds. The quantitative estimate of drug-likeness (QED) is 0.482. The maximum Gasteiger partial charge on any atom is 0.160 e. The number of anilines is 1. The molecule has 1 aromatic carbocycles. The highest BCUT2D eigenvalue weighted by molar-refractivity contribution is 6.35. The molecule has 0 atom stereocenters. The third kappa shape index (κ3) is 1.33. The fourth-order valence-corrected chi connectivity index (χ4v) is 1.08. The van der Waals surface area contributed by atoms with Crippen molar-refractivity contribution >= 4 is 28.9 Å². The second-order valence-corrected chi connectivity index (χ2v) is 2.61. The van der Waals surface area contributed by atoms with Crippen molar-refractivity contribution in [3.63, 3.8) is 0 Å². The van der Waals surface area contributed by atoms with Crippen LogP contribution in [0.5, 0.6) is 0 Å². The van der Waals surface area contributed by atoms with Crippen LogP contribution < -0.4 is 5.73 Å². The molecule has 0 fully saturated rings. The number of hydrogen-bond acceptors (Lipinski definition) is 1. The summed E-state index contributed by atoms with van der Waals surface area (Å²) in [6.45, 7) is 0. The third-order valence-corrected chi connectivity index (χ3v) is 1.56.